The van der Waals surface area contributed by atoms with Gasteiger partial charge in [-0.05, 0) is 81.3 Å². The number of benzene rings is 3. The number of esters is 1. The van der Waals surface area contributed by atoms with Crippen LogP contribution in [0.15, 0.2) is 72.8 Å². The number of ether oxygens (including phenoxy) is 1. The van der Waals surface area contributed by atoms with E-state index in [0.29, 0.717) is 34.3 Å². The fourth-order valence-electron chi connectivity index (χ4n) is 4.21. The zero-order chi connectivity index (χ0) is 28.9. The number of hydrogen-bond donors (Lipinski definition) is 2. The van der Waals surface area contributed by atoms with Gasteiger partial charge in [0.15, 0.2) is 0 Å². The first-order valence-electron chi connectivity index (χ1n) is 13.1. The van der Waals surface area contributed by atoms with Crippen LogP contribution in [-0.4, -0.2) is 50.0 Å². The summed E-state index contributed by atoms with van der Waals surface area (Å²) in [4.78, 5) is 41.7. The van der Waals surface area contributed by atoms with Gasteiger partial charge in [-0.15, -0.1) is 5.10 Å². The van der Waals surface area contributed by atoms with Crippen LogP contribution >= 0.6 is 0 Å². The first-order valence-corrected chi connectivity index (χ1v) is 13.1. The van der Waals surface area contributed by atoms with Gasteiger partial charge in [-0.2, -0.15) is 0 Å². The number of aromatic hydroxyl groups is 1. The van der Waals surface area contributed by atoms with Crippen molar-refractivity contribution in [2.45, 2.75) is 52.2 Å². The molecule has 1 aromatic heterocycles. The lowest BCUT2D eigenvalue weighted by molar-refractivity contribution is -0.128. The number of carbonyl (C=O) groups is 3. The van der Waals surface area contributed by atoms with Gasteiger partial charge in [0.1, 0.15) is 23.9 Å². The molecule has 1 heterocycles. The molecule has 40 heavy (non-hydrogen) atoms. The molecule has 2 amide bonds. The number of carbonyl (C=O) groups excluding carboxylic acids is 3. The second-order valence-corrected chi connectivity index (χ2v) is 9.99. The van der Waals surface area contributed by atoms with E-state index in [1.807, 2.05) is 39.0 Å². The molecule has 0 fully saturated rings. The molecule has 1 atom stereocenters. The number of nitrogens with one attached hydrogen (secondary N) is 1. The van der Waals surface area contributed by atoms with E-state index in [-0.39, 0.29) is 18.9 Å². The van der Waals surface area contributed by atoms with E-state index in [0.717, 1.165) is 0 Å². The Balaban J connectivity index is 1.82. The van der Waals surface area contributed by atoms with Crippen molar-refractivity contribution in [3.8, 4) is 5.75 Å². The smallest absolute Gasteiger partial charge is 0.338 e. The third kappa shape index (κ3) is 6.28. The monoisotopic (exact) mass is 543 g/mol. The molecule has 0 aliphatic rings. The van der Waals surface area contributed by atoms with Gasteiger partial charge in [-0.25, -0.2) is 9.48 Å². The highest BCUT2D eigenvalue weighted by Gasteiger charge is 2.35. The highest BCUT2D eigenvalue weighted by atomic mass is 16.5. The Morgan fingerprint density at radius 3 is 2.33 bits per heavy atom. The molecular weight excluding hydrogens is 510 g/mol. The molecule has 4 aromatic rings. The summed E-state index contributed by atoms with van der Waals surface area (Å²) in [5.74, 6) is -1.29. The summed E-state index contributed by atoms with van der Waals surface area (Å²) in [5.41, 5.74) is 1.97. The molecule has 10 heteroatoms. The van der Waals surface area contributed by atoms with Crippen molar-refractivity contribution in [1.82, 2.24) is 20.3 Å². The van der Waals surface area contributed by atoms with Gasteiger partial charge in [0.25, 0.3) is 0 Å². The van der Waals surface area contributed by atoms with Crippen LogP contribution in [0.4, 0.5) is 5.69 Å². The maximum atomic E-state index is 14.1. The Hall–Kier alpha value is -4.73. The third-order valence-corrected chi connectivity index (χ3v) is 6.69. The van der Waals surface area contributed by atoms with E-state index < -0.39 is 29.4 Å². The molecule has 0 bridgehead atoms. The average Bonchev–Trinajstić information content (AvgIpc) is 3.35. The van der Waals surface area contributed by atoms with E-state index >= 15 is 0 Å². The number of aromatic nitrogens is 3. The summed E-state index contributed by atoms with van der Waals surface area (Å²) in [6, 6.07) is 18.7. The second kappa shape index (κ2) is 12.0. The summed E-state index contributed by atoms with van der Waals surface area (Å²) in [5, 5.41) is 21.3. The predicted octanol–water partition coefficient (Wildman–Crippen LogP) is 4.39. The fraction of sp³-hybridized carbons (Fsp3) is 0.300. The van der Waals surface area contributed by atoms with Gasteiger partial charge in [-0.3, -0.25) is 14.5 Å². The van der Waals surface area contributed by atoms with Crippen LogP contribution in [0.2, 0.25) is 0 Å². The van der Waals surface area contributed by atoms with Gasteiger partial charge in [-0.1, -0.05) is 36.4 Å². The van der Waals surface area contributed by atoms with Crippen molar-refractivity contribution in [3.05, 3.63) is 83.9 Å². The number of anilines is 1. The number of phenols is 1. The Labute approximate surface area is 232 Å². The normalized spacial score (nSPS) is 12.1. The van der Waals surface area contributed by atoms with Crippen molar-refractivity contribution in [1.29, 1.82) is 0 Å². The maximum Gasteiger partial charge on any atom is 0.338 e. The number of para-hydroxylation sites is 1. The summed E-state index contributed by atoms with van der Waals surface area (Å²) in [7, 11) is 0. The summed E-state index contributed by atoms with van der Waals surface area (Å²) in [6.07, 6.45) is 0.661. The van der Waals surface area contributed by atoms with Crippen molar-refractivity contribution in [2.24, 2.45) is 0 Å². The van der Waals surface area contributed by atoms with Crippen LogP contribution < -0.4 is 10.2 Å². The number of hydrogen-bond acceptors (Lipinski definition) is 7. The van der Waals surface area contributed by atoms with Crippen LogP contribution in [0, 0.1) is 0 Å². The summed E-state index contributed by atoms with van der Waals surface area (Å²) >= 11 is 0. The van der Waals surface area contributed by atoms with E-state index in [4.69, 9.17) is 4.74 Å². The molecule has 0 aliphatic heterocycles. The first kappa shape index (κ1) is 28.3. The molecule has 10 nitrogen and oxygen atoms in total. The van der Waals surface area contributed by atoms with Crippen molar-refractivity contribution < 1.29 is 24.2 Å². The minimum absolute atomic E-state index is 0.0301. The fourth-order valence-corrected chi connectivity index (χ4v) is 4.21. The number of rotatable bonds is 10. The Morgan fingerprint density at radius 2 is 1.68 bits per heavy atom. The molecule has 2 N–H and O–H groups in total. The molecule has 0 aliphatic carbocycles. The highest BCUT2D eigenvalue weighted by molar-refractivity contribution is 6.02. The number of fused-ring (bicyclic) bond motifs is 1. The van der Waals surface area contributed by atoms with Crippen LogP contribution in [0.5, 0.6) is 5.75 Å². The highest BCUT2D eigenvalue weighted by Crippen LogP contribution is 2.31. The maximum absolute atomic E-state index is 14.1. The third-order valence-electron chi connectivity index (χ3n) is 6.69. The Morgan fingerprint density at radius 1 is 1.00 bits per heavy atom. The summed E-state index contributed by atoms with van der Waals surface area (Å²) in [6.45, 7) is 7.52. The largest absolute Gasteiger partial charge is 0.508 e. The zero-order valence-corrected chi connectivity index (χ0v) is 23.0. The molecule has 0 saturated heterocycles. The van der Waals surface area contributed by atoms with Crippen LogP contribution in [0.1, 0.15) is 56.1 Å². The van der Waals surface area contributed by atoms with Gasteiger partial charge in [0.2, 0.25) is 11.8 Å². The average molecular weight is 544 g/mol. The van der Waals surface area contributed by atoms with Crippen molar-refractivity contribution in [3.63, 3.8) is 0 Å². The van der Waals surface area contributed by atoms with Crippen molar-refractivity contribution >= 4 is 34.5 Å². The lowest BCUT2D eigenvalue weighted by atomic mass is 9.98. The Bertz CT molecular complexity index is 1500. The number of nitrogens with zero attached hydrogens (tertiary/aromatic N) is 4. The molecule has 0 spiro atoms. The first-order chi connectivity index (χ1) is 19.1. The van der Waals surface area contributed by atoms with Gasteiger partial charge < -0.3 is 15.2 Å². The zero-order valence-electron chi connectivity index (χ0n) is 23.0. The van der Waals surface area contributed by atoms with Crippen LogP contribution in [0.3, 0.4) is 0 Å². The lowest BCUT2D eigenvalue weighted by Crippen LogP contribution is -2.51. The minimum atomic E-state index is -1.10. The molecule has 4 rings (SSSR count). The van der Waals surface area contributed by atoms with Crippen molar-refractivity contribution in [2.75, 3.05) is 11.5 Å². The van der Waals surface area contributed by atoms with E-state index in [2.05, 4.69) is 15.6 Å². The molecule has 208 valence electrons. The van der Waals surface area contributed by atoms with E-state index in [9.17, 15) is 19.5 Å². The predicted molar refractivity (Wildman–Crippen MR) is 151 cm³/mol. The second-order valence-electron chi connectivity index (χ2n) is 9.99. The molecular formula is C30H33N5O5. The minimum Gasteiger partial charge on any atom is -0.508 e. The topological polar surface area (TPSA) is 127 Å². The van der Waals surface area contributed by atoms with E-state index in [1.165, 1.54) is 21.7 Å². The molecule has 0 saturated carbocycles. The molecule has 1 unspecified atom stereocenters. The summed E-state index contributed by atoms with van der Waals surface area (Å²) < 4.78 is 6.58. The quantitative estimate of drug-likeness (QED) is 0.284. The van der Waals surface area contributed by atoms with Gasteiger partial charge in [0, 0.05) is 11.2 Å². The van der Waals surface area contributed by atoms with Crippen LogP contribution in [0.25, 0.3) is 11.0 Å². The van der Waals surface area contributed by atoms with E-state index in [1.54, 1.807) is 49.4 Å². The lowest BCUT2D eigenvalue weighted by Gasteiger charge is -2.34. The van der Waals surface area contributed by atoms with Gasteiger partial charge >= 0.3 is 5.97 Å². The SMILES string of the molecule is CCOC(=O)c1ccc(N(C(=O)Cn2nnc3ccccc32)C(C(=O)NC(C)(C)CC)c2ccc(O)cc2)cc1. The van der Waals surface area contributed by atoms with Gasteiger partial charge in [0.05, 0.1) is 17.7 Å². The Kier molecular flexibility index (Phi) is 8.47. The number of amides is 2. The standard InChI is InChI=1S/C30H33N5O5/c1-5-30(3,4)31-28(38)27(20-13-17-23(36)18-14-20)35(22-15-11-21(12-16-22)29(39)40-6-2)26(37)19-34-25-10-8-7-9-24(25)32-33-34/h7-18,27,36H,5-6,19H2,1-4H3,(H,31,38). The number of phenolic OH excluding ortho intramolecular Hbond substituents is 1. The van der Waals surface area contributed by atoms with Crippen LogP contribution in [-0.2, 0) is 20.9 Å². The molecule has 3 aromatic carbocycles. The molecule has 0 radical (unpaired) electrons.